The third kappa shape index (κ3) is 1.52. The Morgan fingerprint density at radius 2 is 2.38 bits per heavy atom. The van der Waals surface area contributed by atoms with E-state index in [-0.39, 0.29) is 0 Å². The van der Waals surface area contributed by atoms with Gasteiger partial charge in [-0.05, 0) is 0 Å². The fraction of sp³-hybridized carbons (Fsp3) is 0.286. The minimum atomic E-state index is 0.724. The van der Waals surface area contributed by atoms with Crippen LogP contribution in [0.2, 0.25) is 0 Å². The summed E-state index contributed by atoms with van der Waals surface area (Å²) in [6.45, 7) is 0. The first-order valence-corrected chi connectivity index (χ1v) is 4.57. The van der Waals surface area contributed by atoms with Crippen molar-refractivity contribution in [2.45, 2.75) is 0 Å². The highest BCUT2D eigenvalue weighted by molar-refractivity contribution is 7.09. The number of nitrogens with zero attached hydrogens (tertiary/aromatic N) is 4. The van der Waals surface area contributed by atoms with Crippen LogP contribution in [0.25, 0.3) is 11.4 Å². The van der Waals surface area contributed by atoms with Gasteiger partial charge in [-0.3, -0.25) is 4.68 Å². The third-order valence-electron chi connectivity index (χ3n) is 1.60. The summed E-state index contributed by atoms with van der Waals surface area (Å²) in [5.74, 6) is 0.724. The molecule has 0 unspecified atom stereocenters. The van der Waals surface area contributed by atoms with Crippen molar-refractivity contribution in [2.75, 3.05) is 12.4 Å². The summed E-state index contributed by atoms with van der Waals surface area (Å²) in [6, 6.07) is 0. The van der Waals surface area contributed by atoms with Gasteiger partial charge in [-0.25, -0.2) is 0 Å². The SMILES string of the molecule is CNc1nc(-c2cnn(C)c2)ns1. The van der Waals surface area contributed by atoms with Gasteiger partial charge in [-0.2, -0.15) is 14.5 Å². The van der Waals surface area contributed by atoms with E-state index in [1.54, 1.807) is 10.9 Å². The molecule has 0 saturated carbocycles. The Bertz CT molecular complexity index is 404. The normalized spacial score (nSPS) is 10.3. The van der Waals surface area contributed by atoms with Crippen LogP contribution >= 0.6 is 11.5 Å². The number of hydrogen-bond donors (Lipinski definition) is 1. The summed E-state index contributed by atoms with van der Waals surface area (Å²) in [7, 11) is 3.70. The maximum absolute atomic E-state index is 4.26. The first kappa shape index (κ1) is 8.18. The lowest BCUT2D eigenvalue weighted by Gasteiger charge is -1.86. The molecule has 2 aromatic heterocycles. The Morgan fingerprint density at radius 1 is 1.54 bits per heavy atom. The monoisotopic (exact) mass is 195 g/mol. The molecule has 0 amide bonds. The summed E-state index contributed by atoms with van der Waals surface area (Å²) in [4.78, 5) is 4.26. The highest BCUT2D eigenvalue weighted by Gasteiger charge is 2.06. The maximum atomic E-state index is 4.26. The molecule has 0 fully saturated rings. The second-order valence-corrected chi connectivity index (χ2v) is 3.33. The standard InChI is InChI=1S/C7H9N5S/c1-8-7-10-6(11-13-7)5-3-9-12(2)4-5/h3-4H,1-2H3,(H,8,10,11). The minimum absolute atomic E-state index is 0.724. The van der Waals surface area contributed by atoms with E-state index >= 15 is 0 Å². The van der Waals surface area contributed by atoms with Gasteiger partial charge in [0.2, 0.25) is 5.13 Å². The topological polar surface area (TPSA) is 55.6 Å². The Kier molecular flexibility index (Phi) is 1.97. The van der Waals surface area contributed by atoms with E-state index in [4.69, 9.17) is 0 Å². The van der Waals surface area contributed by atoms with Crippen molar-refractivity contribution in [1.82, 2.24) is 19.1 Å². The molecule has 13 heavy (non-hydrogen) atoms. The van der Waals surface area contributed by atoms with E-state index in [0.717, 1.165) is 16.5 Å². The van der Waals surface area contributed by atoms with E-state index in [0.29, 0.717) is 0 Å². The molecule has 5 nitrogen and oxygen atoms in total. The largest absolute Gasteiger partial charge is 0.363 e. The van der Waals surface area contributed by atoms with E-state index in [1.807, 2.05) is 20.3 Å². The molecule has 0 aliphatic heterocycles. The predicted molar refractivity (Wildman–Crippen MR) is 51.7 cm³/mol. The number of nitrogens with one attached hydrogen (secondary N) is 1. The molecule has 0 aromatic carbocycles. The van der Waals surface area contributed by atoms with Crippen molar-refractivity contribution in [1.29, 1.82) is 0 Å². The molecular formula is C7H9N5S. The summed E-state index contributed by atoms with van der Waals surface area (Å²) in [6.07, 6.45) is 3.64. The summed E-state index contributed by atoms with van der Waals surface area (Å²) in [5, 5.41) is 7.81. The van der Waals surface area contributed by atoms with Crippen molar-refractivity contribution >= 4 is 16.7 Å². The van der Waals surface area contributed by atoms with Crippen molar-refractivity contribution in [3.63, 3.8) is 0 Å². The Balaban J connectivity index is 2.35. The first-order valence-electron chi connectivity index (χ1n) is 3.80. The molecular weight excluding hydrogens is 186 g/mol. The molecule has 0 aliphatic carbocycles. The zero-order chi connectivity index (χ0) is 9.26. The molecule has 0 bridgehead atoms. The van der Waals surface area contributed by atoms with Crippen LogP contribution in [0.5, 0.6) is 0 Å². The molecule has 68 valence electrons. The first-order chi connectivity index (χ1) is 6.29. The molecule has 0 saturated heterocycles. The second kappa shape index (κ2) is 3.14. The molecule has 2 aromatic rings. The van der Waals surface area contributed by atoms with Gasteiger partial charge in [0.15, 0.2) is 5.82 Å². The van der Waals surface area contributed by atoms with Crippen LogP contribution in [0.4, 0.5) is 5.13 Å². The third-order valence-corrected chi connectivity index (χ3v) is 2.34. The van der Waals surface area contributed by atoms with Crippen LogP contribution < -0.4 is 5.32 Å². The highest BCUT2D eigenvalue weighted by Crippen LogP contribution is 2.19. The summed E-state index contributed by atoms with van der Waals surface area (Å²) in [5.41, 5.74) is 0.945. The van der Waals surface area contributed by atoms with E-state index in [1.165, 1.54) is 11.5 Å². The minimum Gasteiger partial charge on any atom is -0.363 e. The molecule has 0 radical (unpaired) electrons. The number of anilines is 1. The Hall–Kier alpha value is -1.43. The molecule has 0 spiro atoms. The van der Waals surface area contributed by atoms with Gasteiger partial charge in [0.25, 0.3) is 0 Å². The van der Waals surface area contributed by atoms with Gasteiger partial charge >= 0.3 is 0 Å². The lowest BCUT2D eigenvalue weighted by molar-refractivity contribution is 0.768. The summed E-state index contributed by atoms with van der Waals surface area (Å²) < 4.78 is 5.92. The van der Waals surface area contributed by atoms with Crippen LogP contribution in [0.3, 0.4) is 0 Å². The lowest BCUT2D eigenvalue weighted by Crippen LogP contribution is -1.86. The quantitative estimate of drug-likeness (QED) is 0.776. The lowest BCUT2D eigenvalue weighted by atomic mass is 10.3. The maximum Gasteiger partial charge on any atom is 0.202 e. The zero-order valence-corrected chi connectivity index (χ0v) is 8.17. The Morgan fingerprint density at radius 3 is 2.92 bits per heavy atom. The Labute approximate surface area is 79.6 Å². The van der Waals surface area contributed by atoms with Crippen LogP contribution in [-0.4, -0.2) is 26.2 Å². The van der Waals surface area contributed by atoms with Crippen LogP contribution in [0.15, 0.2) is 12.4 Å². The van der Waals surface area contributed by atoms with Gasteiger partial charge in [-0.1, -0.05) is 0 Å². The fourth-order valence-corrected chi connectivity index (χ4v) is 1.52. The molecule has 0 atom stereocenters. The second-order valence-electron chi connectivity index (χ2n) is 2.58. The van der Waals surface area contributed by atoms with Crippen LogP contribution in [0.1, 0.15) is 0 Å². The smallest absolute Gasteiger partial charge is 0.202 e. The van der Waals surface area contributed by atoms with Gasteiger partial charge in [-0.15, -0.1) is 0 Å². The van der Waals surface area contributed by atoms with Gasteiger partial charge < -0.3 is 5.32 Å². The molecule has 2 heterocycles. The van der Waals surface area contributed by atoms with Crippen molar-refractivity contribution in [2.24, 2.45) is 7.05 Å². The van der Waals surface area contributed by atoms with Crippen molar-refractivity contribution in [3.05, 3.63) is 12.4 Å². The number of aryl methyl sites for hydroxylation is 1. The van der Waals surface area contributed by atoms with E-state index in [2.05, 4.69) is 19.8 Å². The van der Waals surface area contributed by atoms with Crippen molar-refractivity contribution in [3.8, 4) is 11.4 Å². The van der Waals surface area contributed by atoms with Crippen LogP contribution in [0, 0.1) is 0 Å². The molecule has 1 N–H and O–H groups in total. The van der Waals surface area contributed by atoms with E-state index in [9.17, 15) is 0 Å². The van der Waals surface area contributed by atoms with Crippen LogP contribution in [-0.2, 0) is 7.05 Å². The van der Waals surface area contributed by atoms with Crippen molar-refractivity contribution < 1.29 is 0 Å². The van der Waals surface area contributed by atoms with Gasteiger partial charge in [0, 0.05) is 31.8 Å². The predicted octanol–water partition coefficient (Wildman–Crippen LogP) is 0.980. The average Bonchev–Trinajstić information content (AvgIpc) is 2.71. The number of aromatic nitrogens is 4. The van der Waals surface area contributed by atoms with Gasteiger partial charge in [0.05, 0.1) is 11.8 Å². The molecule has 0 aliphatic rings. The summed E-state index contributed by atoms with van der Waals surface area (Å²) >= 11 is 1.34. The van der Waals surface area contributed by atoms with E-state index < -0.39 is 0 Å². The average molecular weight is 195 g/mol. The van der Waals surface area contributed by atoms with Gasteiger partial charge in [0.1, 0.15) is 0 Å². The molecule has 6 heteroatoms. The highest BCUT2D eigenvalue weighted by atomic mass is 32.1. The molecule has 2 rings (SSSR count). The fourth-order valence-electron chi connectivity index (χ4n) is 0.979. The number of hydrogen-bond acceptors (Lipinski definition) is 5. The number of rotatable bonds is 2. The zero-order valence-electron chi connectivity index (χ0n) is 7.35.